The fourth-order valence-corrected chi connectivity index (χ4v) is 4.88. The van der Waals surface area contributed by atoms with E-state index in [1.165, 1.54) is 16.7 Å². The summed E-state index contributed by atoms with van der Waals surface area (Å²) in [4.78, 5) is 6.77. The first-order valence-electron chi connectivity index (χ1n) is 12.7. The van der Waals surface area contributed by atoms with Gasteiger partial charge in [-0.2, -0.15) is 9.67 Å². The summed E-state index contributed by atoms with van der Waals surface area (Å²) in [7, 11) is 0. The van der Waals surface area contributed by atoms with Gasteiger partial charge in [0.2, 0.25) is 11.9 Å². The lowest BCUT2D eigenvalue weighted by Crippen LogP contribution is -2.36. The summed E-state index contributed by atoms with van der Waals surface area (Å²) >= 11 is 0. The van der Waals surface area contributed by atoms with Gasteiger partial charge in [0.25, 0.3) is 0 Å². The summed E-state index contributed by atoms with van der Waals surface area (Å²) in [6.45, 7) is 4.51. The zero-order valence-corrected chi connectivity index (χ0v) is 20.7. The molecule has 0 atom stereocenters. The zero-order valence-electron chi connectivity index (χ0n) is 20.7. The summed E-state index contributed by atoms with van der Waals surface area (Å²) in [6.07, 6.45) is 7.39. The first kappa shape index (κ1) is 23.3. The van der Waals surface area contributed by atoms with Gasteiger partial charge in [-0.15, -0.1) is 15.3 Å². The second-order valence-corrected chi connectivity index (χ2v) is 9.35. The minimum absolute atomic E-state index is 0.301. The van der Waals surface area contributed by atoms with Gasteiger partial charge < -0.3 is 15.8 Å². The van der Waals surface area contributed by atoms with Crippen LogP contribution in [-0.4, -0.2) is 62.7 Å². The summed E-state index contributed by atoms with van der Waals surface area (Å²) in [5, 5.41) is 16.7. The normalized spacial score (nSPS) is 15.8. The number of morpholine rings is 1. The average molecular weight is 495 g/mol. The highest BCUT2D eigenvalue weighted by atomic mass is 16.5. The highest BCUT2D eigenvalue weighted by molar-refractivity contribution is 5.69. The van der Waals surface area contributed by atoms with E-state index in [-0.39, 0.29) is 0 Å². The van der Waals surface area contributed by atoms with Crippen LogP contribution in [0.15, 0.2) is 60.7 Å². The number of aryl methyl sites for hydroxylation is 2. The standard InChI is InChI=1S/C28H30N8O/c29-27-31-28(30-25-19-22-8-3-7-21-6-1-2-9-24(21)26(22)33-32-25)34-36(27)23-12-10-20(11-13-23)5-4-14-35-15-17-37-18-16-35/h1-2,4-6,9-13,19H,3,7-8,14-18H2,(H3,29,30,31,32,34). The molecule has 3 heterocycles. The van der Waals surface area contributed by atoms with Crippen LogP contribution in [0.4, 0.5) is 17.7 Å². The minimum Gasteiger partial charge on any atom is -0.379 e. The van der Waals surface area contributed by atoms with Gasteiger partial charge >= 0.3 is 0 Å². The fraction of sp³-hybridized carbons (Fsp3) is 0.286. The van der Waals surface area contributed by atoms with Crippen LogP contribution in [0.25, 0.3) is 23.0 Å². The number of nitrogens with one attached hydrogen (secondary N) is 1. The number of nitrogens with two attached hydrogens (primary N) is 1. The molecule has 188 valence electrons. The van der Waals surface area contributed by atoms with Crippen molar-refractivity contribution in [3.8, 4) is 16.9 Å². The molecule has 0 radical (unpaired) electrons. The van der Waals surface area contributed by atoms with E-state index in [9.17, 15) is 0 Å². The zero-order chi connectivity index (χ0) is 25.0. The highest BCUT2D eigenvalue weighted by Gasteiger charge is 2.17. The maximum Gasteiger partial charge on any atom is 0.250 e. The average Bonchev–Trinajstić information content (AvgIpc) is 3.19. The molecule has 9 heteroatoms. The van der Waals surface area contributed by atoms with E-state index in [1.54, 1.807) is 4.68 Å². The third-order valence-electron chi connectivity index (χ3n) is 6.82. The lowest BCUT2D eigenvalue weighted by Gasteiger charge is -2.25. The first-order chi connectivity index (χ1) is 18.2. The van der Waals surface area contributed by atoms with E-state index in [2.05, 4.69) is 79.0 Å². The van der Waals surface area contributed by atoms with Crippen molar-refractivity contribution in [2.24, 2.45) is 0 Å². The monoisotopic (exact) mass is 494 g/mol. The van der Waals surface area contributed by atoms with Gasteiger partial charge in [0.1, 0.15) is 0 Å². The molecule has 0 amide bonds. The van der Waals surface area contributed by atoms with E-state index in [4.69, 9.17) is 10.5 Å². The second-order valence-electron chi connectivity index (χ2n) is 9.35. The molecule has 37 heavy (non-hydrogen) atoms. The molecule has 0 spiro atoms. The molecule has 1 aliphatic heterocycles. The number of nitrogen functional groups attached to an aromatic ring is 1. The molecule has 3 N–H and O–H groups in total. The molecular weight excluding hydrogens is 464 g/mol. The van der Waals surface area contributed by atoms with E-state index in [1.807, 2.05) is 18.2 Å². The molecule has 2 aromatic heterocycles. The highest BCUT2D eigenvalue weighted by Crippen LogP contribution is 2.31. The van der Waals surface area contributed by atoms with Crippen LogP contribution in [0, 0.1) is 0 Å². The van der Waals surface area contributed by atoms with Crippen LogP contribution in [0.5, 0.6) is 0 Å². The Hall–Kier alpha value is -4.08. The van der Waals surface area contributed by atoms with Crippen LogP contribution in [-0.2, 0) is 17.6 Å². The van der Waals surface area contributed by atoms with Crippen molar-refractivity contribution in [2.75, 3.05) is 43.9 Å². The van der Waals surface area contributed by atoms with E-state index >= 15 is 0 Å². The Labute approximate surface area is 216 Å². The number of anilines is 3. The predicted octanol–water partition coefficient (Wildman–Crippen LogP) is 3.88. The number of rotatable bonds is 6. The molecule has 0 unspecified atom stereocenters. The first-order valence-corrected chi connectivity index (χ1v) is 12.7. The number of hydrogen-bond acceptors (Lipinski definition) is 8. The van der Waals surface area contributed by atoms with Crippen molar-refractivity contribution in [2.45, 2.75) is 19.3 Å². The Kier molecular flexibility index (Phi) is 6.62. The summed E-state index contributed by atoms with van der Waals surface area (Å²) in [6, 6.07) is 18.5. The maximum atomic E-state index is 6.20. The SMILES string of the molecule is Nc1nc(Nc2cc3c(nn2)-c2ccccc2CCC3)nn1-c1ccc(C=CCN2CCOCC2)cc1. The van der Waals surface area contributed by atoms with Crippen molar-refractivity contribution in [3.63, 3.8) is 0 Å². The molecule has 1 saturated heterocycles. The smallest absolute Gasteiger partial charge is 0.250 e. The molecule has 6 rings (SSSR count). The van der Waals surface area contributed by atoms with Gasteiger partial charge in [0.05, 0.1) is 24.6 Å². The number of aromatic nitrogens is 5. The summed E-state index contributed by atoms with van der Waals surface area (Å²) in [5.74, 6) is 1.29. The topological polar surface area (TPSA) is 107 Å². The third-order valence-corrected chi connectivity index (χ3v) is 6.82. The number of ether oxygens (including phenoxy) is 1. The van der Waals surface area contributed by atoms with E-state index in [0.29, 0.717) is 17.7 Å². The molecule has 1 fully saturated rings. The van der Waals surface area contributed by atoms with Crippen LogP contribution < -0.4 is 11.1 Å². The Bertz CT molecular complexity index is 1410. The molecule has 9 nitrogen and oxygen atoms in total. The molecular formula is C28H30N8O. The van der Waals surface area contributed by atoms with Crippen molar-refractivity contribution in [1.29, 1.82) is 0 Å². The van der Waals surface area contributed by atoms with Crippen molar-refractivity contribution < 1.29 is 4.74 Å². The molecule has 2 aliphatic rings. The van der Waals surface area contributed by atoms with E-state index in [0.717, 1.165) is 69.1 Å². The maximum absolute atomic E-state index is 6.20. The van der Waals surface area contributed by atoms with Gasteiger partial charge in [0.15, 0.2) is 5.82 Å². The van der Waals surface area contributed by atoms with Gasteiger partial charge in [0, 0.05) is 25.2 Å². The Balaban J connectivity index is 1.15. The molecule has 2 aromatic carbocycles. The van der Waals surface area contributed by atoms with E-state index < -0.39 is 0 Å². The Morgan fingerprint density at radius 1 is 0.973 bits per heavy atom. The van der Waals surface area contributed by atoms with Crippen LogP contribution in [0.2, 0.25) is 0 Å². The quantitative estimate of drug-likeness (QED) is 0.416. The van der Waals surface area contributed by atoms with Crippen molar-refractivity contribution in [1.82, 2.24) is 29.9 Å². The van der Waals surface area contributed by atoms with Gasteiger partial charge in [-0.05, 0) is 54.2 Å². The number of benzene rings is 2. The number of fused-ring (bicyclic) bond motifs is 3. The molecule has 0 saturated carbocycles. The van der Waals surface area contributed by atoms with Crippen molar-refractivity contribution in [3.05, 3.63) is 77.4 Å². The largest absolute Gasteiger partial charge is 0.379 e. The molecule has 1 aliphatic carbocycles. The predicted molar refractivity (Wildman–Crippen MR) is 145 cm³/mol. The lowest BCUT2D eigenvalue weighted by atomic mass is 10.0. The molecule has 0 bridgehead atoms. The lowest BCUT2D eigenvalue weighted by molar-refractivity contribution is 0.0435. The second kappa shape index (κ2) is 10.5. The summed E-state index contributed by atoms with van der Waals surface area (Å²) < 4.78 is 7.02. The number of hydrogen-bond donors (Lipinski definition) is 2. The van der Waals surface area contributed by atoms with Gasteiger partial charge in [-0.3, -0.25) is 4.90 Å². The van der Waals surface area contributed by atoms with Crippen molar-refractivity contribution >= 4 is 23.8 Å². The fourth-order valence-electron chi connectivity index (χ4n) is 4.88. The summed E-state index contributed by atoms with van der Waals surface area (Å²) in [5.41, 5.74) is 12.8. The van der Waals surface area contributed by atoms with Crippen LogP contribution in [0.1, 0.15) is 23.1 Å². The third kappa shape index (κ3) is 5.23. The van der Waals surface area contributed by atoms with Gasteiger partial charge in [-0.25, -0.2) is 0 Å². The Morgan fingerprint density at radius 3 is 2.65 bits per heavy atom. The van der Waals surface area contributed by atoms with Gasteiger partial charge in [-0.1, -0.05) is 48.6 Å². The minimum atomic E-state index is 0.301. The Morgan fingerprint density at radius 2 is 1.78 bits per heavy atom. The number of nitrogens with zero attached hydrogens (tertiary/aromatic N) is 6. The van der Waals surface area contributed by atoms with Crippen LogP contribution in [0.3, 0.4) is 0 Å². The van der Waals surface area contributed by atoms with Crippen LogP contribution >= 0.6 is 0 Å². The molecule has 4 aromatic rings.